The van der Waals surface area contributed by atoms with Crippen LogP contribution in [0.5, 0.6) is 0 Å². The molecule has 0 unspecified atom stereocenters. The molecule has 7 rings (SSSR count). The van der Waals surface area contributed by atoms with Gasteiger partial charge in [0.2, 0.25) is 23.6 Å². The van der Waals surface area contributed by atoms with Crippen LogP contribution in [-0.2, 0) is 16.0 Å². The van der Waals surface area contributed by atoms with Crippen molar-refractivity contribution in [3.63, 3.8) is 0 Å². The Hall–Kier alpha value is -6.58. The number of fused-ring (bicyclic) bond motifs is 5. The minimum Gasteiger partial charge on any atom is -0.446 e. The second kappa shape index (κ2) is 15.8. The van der Waals surface area contributed by atoms with Crippen LogP contribution < -0.4 is 21.3 Å². The SMILES string of the molecule is CC(C)C[C@H]1NC(=O)c2coc(n2)[C@H](Cc2ccccc2)NC(=O)[C@@H]2C[C@H](NC(=O)c3cccc(-c4cn[nH]c4)c3)CN2C(=O)c2coc(n2)[C@@H](C)NC1=O. The van der Waals surface area contributed by atoms with Crippen LogP contribution >= 0.6 is 0 Å². The Labute approximate surface area is 315 Å². The largest absolute Gasteiger partial charge is 0.446 e. The molecule has 1 fully saturated rings. The van der Waals surface area contributed by atoms with E-state index in [9.17, 15) is 24.0 Å². The quantitative estimate of drug-likeness (QED) is 0.163. The van der Waals surface area contributed by atoms with Crippen molar-refractivity contribution in [3.05, 3.63) is 114 Å². The Bertz CT molecular complexity index is 2180. The second-order valence-electron chi connectivity index (χ2n) is 14.2. The molecule has 16 nitrogen and oxygen atoms in total. The molecule has 5 amide bonds. The highest BCUT2D eigenvalue weighted by atomic mass is 16.3. The first kappa shape index (κ1) is 36.8. The third-order valence-electron chi connectivity index (χ3n) is 9.61. The van der Waals surface area contributed by atoms with Gasteiger partial charge in [-0.25, -0.2) is 9.97 Å². The fourth-order valence-electron chi connectivity index (χ4n) is 6.84. The first-order valence-electron chi connectivity index (χ1n) is 18.1. The summed E-state index contributed by atoms with van der Waals surface area (Å²) in [5.41, 5.74) is 2.68. The minimum absolute atomic E-state index is 0.0118. The van der Waals surface area contributed by atoms with Crippen LogP contribution in [0.25, 0.3) is 11.1 Å². The number of aromatic amines is 1. The van der Waals surface area contributed by atoms with E-state index in [0.717, 1.165) is 16.7 Å². The molecule has 5 atom stereocenters. The number of hydrogen-bond donors (Lipinski definition) is 5. The van der Waals surface area contributed by atoms with Crippen molar-refractivity contribution in [2.24, 2.45) is 5.92 Å². The fraction of sp³-hybridized carbons (Fsp3) is 0.333. The number of H-pyrrole nitrogens is 1. The van der Waals surface area contributed by atoms with Crippen molar-refractivity contribution in [2.75, 3.05) is 6.54 Å². The summed E-state index contributed by atoms with van der Waals surface area (Å²) in [7, 11) is 0. The summed E-state index contributed by atoms with van der Waals surface area (Å²) in [6.45, 7) is 5.48. The average Bonchev–Trinajstić information content (AvgIpc) is 4.01. The number of benzene rings is 2. The molecular formula is C39H41N9O7. The number of rotatable bonds is 7. The van der Waals surface area contributed by atoms with Gasteiger partial charge in [0.15, 0.2) is 11.4 Å². The molecule has 0 radical (unpaired) electrons. The Morgan fingerprint density at radius 2 is 1.65 bits per heavy atom. The van der Waals surface area contributed by atoms with E-state index in [0.29, 0.717) is 12.0 Å². The molecule has 5 N–H and O–H groups in total. The number of nitrogens with one attached hydrogen (secondary N) is 5. The van der Waals surface area contributed by atoms with E-state index >= 15 is 0 Å². The van der Waals surface area contributed by atoms with Gasteiger partial charge in [-0.1, -0.05) is 56.3 Å². The second-order valence-corrected chi connectivity index (χ2v) is 14.2. The van der Waals surface area contributed by atoms with Crippen LogP contribution in [0, 0.1) is 5.92 Å². The minimum atomic E-state index is -1.06. The molecule has 1 saturated heterocycles. The van der Waals surface area contributed by atoms with Gasteiger partial charge in [0.05, 0.1) is 6.20 Å². The highest BCUT2D eigenvalue weighted by Gasteiger charge is 2.43. The predicted octanol–water partition coefficient (Wildman–Crippen LogP) is 3.50. The van der Waals surface area contributed by atoms with Crippen molar-refractivity contribution < 1.29 is 32.8 Å². The van der Waals surface area contributed by atoms with E-state index in [4.69, 9.17) is 8.83 Å². The molecule has 2 aliphatic rings. The molecule has 16 heteroatoms. The molecule has 5 aromatic rings. The van der Waals surface area contributed by atoms with Crippen molar-refractivity contribution in [3.8, 4) is 11.1 Å². The third-order valence-corrected chi connectivity index (χ3v) is 9.61. The normalized spacial score (nSPS) is 22.0. The van der Waals surface area contributed by atoms with Crippen molar-refractivity contribution >= 4 is 29.5 Å². The van der Waals surface area contributed by atoms with E-state index < -0.39 is 53.8 Å². The van der Waals surface area contributed by atoms with Gasteiger partial charge in [0.25, 0.3) is 17.7 Å². The van der Waals surface area contributed by atoms with Crippen molar-refractivity contribution in [1.82, 2.24) is 46.3 Å². The van der Waals surface area contributed by atoms with Gasteiger partial charge in [-0.3, -0.25) is 29.1 Å². The van der Waals surface area contributed by atoms with Crippen LogP contribution in [0.3, 0.4) is 0 Å². The molecule has 284 valence electrons. The maximum atomic E-state index is 14.3. The number of nitrogens with zero attached hydrogens (tertiary/aromatic N) is 4. The van der Waals surface area contributed by atoms with Crippen molar-refractivity contribution in [1.29, 1.82) is 0 Å². The fourth-order valence-corrected chi connectivity index (χ4v) is 6.84. The topological polar surface area (TPSA) is 217 Å². The Morgan fingerprint density at radius 1 is 0.891 bits per heavy atom. The molecule has 4 bridgehead atoms. The summed E-state index contributed by atoms with van der Waals surface area (Å²) in [4.78, 5) is 79.2. The highest BCUT2D eigenvalue weighted by molar-refractivity contribution is 5.98. The van der Waals surface area contributed by atoms with Crippen LogP contribution in [0.15, 0.2) is 88.4 Å². The van der Waals surface area contributed by atoms with Crippen LogP contribution in [0.4, 0.5) is 0 Å². The molecule has 2 aromatic carbocycles. The number of aromatic nitrogens is 4. The molecular weight excluding hydrogens is 706 g/mol. The molecule has 5 heterocycles. The predicted molar refractivity (Wildman–Crippen MR) is 196 cm³/mol. The summed E-state index contributed by atoms with van der Waals surface area (Å²) in [5.74, 6) is -2.47. The number of hydrogen-bond acceptors (Lipinski definition) is 10. The summed E-state index contributed by atoms with van der Waals surface area (Å²) < 4.78 is 11.5. The summed E-state index contributed by atoms with van der Waals surface area (Å²) in [5, 5.41) is 18.3. The Morgan fingerprint density at radius 3 is 2.42 bits per heavy atom. The lowest BCUT2D eigenvalue weighted by Crippen LogP contribution is -2.48. The van der Waals surface area contributed by atoms with E-state index in [1.165, 1.54) is 17.4 Å². The monoisotopic (exact) mass is 747 g/mol. The number of oxazole rings is 2. The van der Waals surface area contributed by atoms with Gasteiger partial charge in [0, 0.05) is 36.3 Å². The van der Waals surface area contributed by atoms with Gasteiger partial charge in [-0.15, -0.1) is 0 Å². The zero-order valence-corrected chi connectivity index (χ0v) is 30.4. The standard InChI is InChI=1S/C39H41N9O7/c1-21(2)12-28-34(50)42-22(3)37-47-31(20-54-37)39(53)48-18-27(43-33(49)25-11-7-10-24(14-25)26-16-40-41-17-26)15-32(48)36(52)45-29(13-23-8-5-4-6-9-23)38-46-30(19-55-38)35(51)44-28/h4-11,14,16-17,19-22,27-29,32H,12-13,15,18H2,1-3H3,(H,40,41)(H,42,50)(H,43,49)(H,44,51)(H,45,52)/t22-,27+,28-,29+,32+/m1/s1. The first-order chi connectivity index (χ1) is 26.5. The average molecular weight is 748 g/mol. The zero-order chi connectivity index (χ0) is 38.6. The molecule has 55 heavy (non-hydrogen) atoms. The third kappa shape index (κ3) is 8.32. The molecule has 0 spiro atoms. The van der Waals surface area contributed by atoms with Crippen LogP contribution in [0.1, 0.15) is 94.4 Å². The number of carbonyl (C=O) groups is 5. The van der Waals surface area contributed by atoms with E-state index in [2.05, 4.69) is 41.4 Å². The lowest BCUT2D eigenvalue weighted by molar-refractivity contribution is -0.126. The van der Waals surface area contributed by atoms with E-state index in [1.807, 2.05) is 50.2 Å². The Balaban J connectivity index is 1.21. The highest BCUT2D eigenvalue weighted by Crippen LogP contribution is 2.26. The van der Waals surface area contributed by atoms with Gasteiger partial charge in [0.1, 0.15) is 36.7 Å². The maximum absolute atomic E-state index is 14.3. The summed E-state index contributed by atoms with van der Waals surface area (Å²) in [6.07, 6.45) is 6.38. The smallest absolute Gasteiger partial charge is 0.276 e. The van der Waals surface area contributed by atoms with E-state index in [-0.39, 0.29) is 54.4 Å². The first-order valence-corrected chi connectivity index (χ1v) is 18.1. The van der Waals surface area contributed by atoms with E-state index in [1.54, 1.807) is 37.5 Å². The molecule has 2 aliphatic heterocycles. The maximum Gasteiger partial charge on any atom is 0.276 e. The molecule has 0 saturated carbocycles. The van der Waals surface area contributed by atoms with Gasteiger partial charge >= 0.3 is 0 Å². The number of amides is 5. The van der Waals surface area contributed by atoms with Gasteiger partial charge < -0.3 is 35.0 Å². The lowest BCUT2D eigenvalue weighted by atomic mass is 10.0. The Kier molecular flexibility index (Phi) is 10.6. The molecule has 3 aromatic heterocycles. The van der Waals surface area contributed by atoms with Crippen LogP contribution in [0.2, 0.25) is 0 Å². The lowest BCUT2D eigenvalue weighted by Gasteiger charge is -2.25. The van der Waals surface area contributed by atoms with Gasteiger partial charge in [-0.05, 0) is 48.9 Å². The van der Waals surface area contributed by atoms with Crippen molar-refractivity contribution in [2.45, 2.75) is 70.2 Å². The van der Waals surface area contributed by atoms with Crippen LogP contribution in [-0.4, -0.2) is 79.3 Å². The molecule has 0 aliphatic carbocycles. The summed E-state index contributed by atoms with van der Waals surface area (Å²) >= 11 is 0. The number of carbonyl (C=O) groups excluding carboxylic acids is 5. The summed E-state index contributed by atoms with van der Waals surface area (Å²) in [6, 6.07) is 12.1. The van der Waals surface area contributed by atoms with Gasteiger partial charge in [-0.2, -0.15) is 5.10 Å². The zero-order valence-electron chi connectivity index (χ0n) is 30.4.